The smallest absolute Gasteiger partial charge is 0.0488 e. The third-order valence-corrected chi connectivity index (χ3v) is 4.38. The second kappa shape index (κ2) is 5.55. The molecular formula is C20H25N. The molecule has 0 saturated carbocycles. The fourth-order valence-electron chi connectivity index (χ4n) is 3.04. The lowest BCUT2D eigenvalue weighted by Crippen LogP contribution is -2.21. The number of allylic oxidation sites excluding steroid dienone is 4. The Kier molecular flexibility index (Phi) is 3.75. The van der Waals surface area contributed by atoms with Crippen LogP contribution in [-0.2, 0) is 5.41 Å². The number of benzene rings is 1. The van der Waals surface area contributed by atoms with E-state index in [1.807, 2.05) is 0 Å². The van der Waals surface area contributed by atoms with E-state index in [2.05, 4.69) is 74.7 Å². The third-order valence-electron chi connectivity index (χ3n) is 4.38. The molecule has 1 aromatic rings. The van der Waals surface area contributed by atoms with Gasteiger partial charge in [0, 0.05) is 11.7 Å². The first-order valence-electron chi connectivity index (χ1n) is 7.96. The highest BCUT2D eigenvalue weighted by Crippen LogP contribution is 2.29. The van der Waals surface area contributed by atoms with Gasteiger partial charge in [-0.1, -0.05) is 57.2 Å². The quantitative estimate of drug-likeness (QED) is 0.767. The van der Waals surface area contributed by atoms with Crippen molar-refractivity contribution in [2.45, 2.75) is 51.5 Å². The van der Waals surface area contributed by atoms with Crippen molar-refractivity contribution in [3.63, 3.8) is 0 Å². The van der Waals surface area contributed by atoms with E-state index in [0.29, 0.717) is 6.04 Å². The zero-order valence-electron chi connectivity index (χ0n) is 13.3. The van der Waals surface area contributed by atoms with Gasteiger partial charge >= 0.3 is 0 Å². The Hall–Kier alpha value is -1.76. The first kappa shape index (κ1) is 14.2. The number of rotatable bonds is 2. The predicted molar refractivity (Wildman–Crippen MR) is 91.7 cm³/mol. The lowest BCUT2D eigenvalue weighted by Gasteiger charge is -2.25. The fraction of sp³-hybridized carbons (Fsp3) is 0.400. The van der Waals surface area contributed by atoms with Gasteiger partial charge in [0.2, 0.25) is 0 Å². The summed E-state index contributed by atoms with van der Waals surface area (Å²) in [7, 11) is 0. The lowest BCUT2D eigenvalue weighted by molar-refractivity contribution is 0.590. The van der Waals surface area contributed by atoms with Crippen LogP contribution in [0.1, 0.15) is 45.6 Å². The molecule has 21 heavy (non-hydrogen) atoms. The van der Waals surface area contributed by atoms with Crippen LogP contribution in [0.3, 0.4) is 0 Å². The Labute approximate surface area is 128 Å². The van der Waals surface area contributed by atoms with Crippen molar-refractivity contribution in [1.29, 1.82) is 0 Å². The standard InChI is InChI=1S/C20H25N/c1-20(2,3)17-9-12-18(13-10-17)21-19-11-8-15-6-4-5-7-16(15)14-19/h5,7-13,19,21H,4,6,14H2,1-3H3/t19-/m1/s1. The highest BCUT2D eigenvalue weighted by Gasteiger charge is 2.17. The van der Waals surface area contributed by atoms with E-state index in [1.54, 1.807) is 0 Å². The molecule has 2 aliphatic carbocycles. The molecule has 1 nitrogen and oxygen atoms in total. The average molecular weight is 279 g/mol. The van der Waals surface area contributed by atoms with Gasteiger partial charge in [0.05, 0.1) is 0 Å². The molecule has 0 fully saturated rings. The first-order valence-corrected chi connectivity index (χ1v) is 7.96. The molecule has 1 N–H and O–H groups in total. The minimum absolute atomic E-state index is 0.218. The van der Waals surface area contributed by atoms with Gasteiger partial charge in [0.1, 0.15) is 0 Å². The van der Waals surface area contributed by atoms with Crippen LogP contribution in [0.2, 0.25) is 0 Å². The van der Waals surface area contributed by atoms with Crippen LogP contribution in [-0.4, -0.2) is 6.04 Å². The minimum atomic E-state index is 0.218. The molecule has 0 aliphatic heterocycles. The van der Waals surface area contributed by atoms with Gasteiger partial charge in [-0.25, -0.2) is 0 Å². The maximum absolute atomic E-state index is 3.64. The van der Waals surface area contributed by atoms with Gasteiger partial charge < -0.3 is 5.32 Å². The molecule has 0 aromatic heterocycles. The topological polar surface area (TPSA) is 12.0 Å². The van der Waals surface area contributed by atoms with Crippen LogP contribution >= 0.6 is 0 Å². The number of hydrogen-bond donors (Lipinski definition) is 1. The van der Waals surface area contributed by atoms with Crippen LogP contribution < -0.4 is 5.32 Å². The molecule has 0 saturated heterocycles. The van der Waals surface area contributed by atoms with E-state index in [1.165, 1.54) is 35.2 Å². The highest BCUT2D eigenvalue weighted by molar-refractivity contribution is 5.50. The van der Waals surface area contributed by atoms with Crippen molar-refractivity contribution in [3.8, 4) is 0 Å². The van der Waals surface area contributed by atoms with E-state index < -0.39 is 0 Å². The molecule has 0 radical (unpaired) electrons. The summed E-state index contributed by atoms with van der Waals surface area (Å²) in [5.41, 5.74) is 5.84. The second-order valence-corrected chi connectivity index (χ2v) is 7.13. The number of hydrogen-bond acceptors (Lipinski definition) is 1. The van der Waals surface area contributed by atoms with Crippen LogP contribution in [0.5, 0.6) is 0 Å². The predicted octanol–water partition coefficient (Wildman–Crippen LogP) is 5.37. The van der Waals surface area contributed by atoms with E-state index in [0.717, 1.165) is 6.42 Å². The molecule has 1 heteroatoms. The van der Waals surface area contributed by atoms with E-state index in [9.17, 15) is 0 Å². The van der Waals surface area contributed by atoms with Gasteiger partial charge in [-0.3, -0.25) is 0 Å². The monoisotopic (exact) mass is 279 g/mol. The molecule has 0 spiro atoms. The summed E-state index contributed by atoms with van der Waals surface area (Å²) >= 11 is 0. The van der Waals surface area contributed by atoms with Crippen molar-refractivity contribution >= 4 is 5.69 Å². The second-order valence-electron chi connectivity index (χ2n) is 7.13. The van der Waals surface area contributed by atoms with Crippen molar-refractivity contribution < 1.29 is 0 Å². The molecule has 0 amide bonds. The van der Waals surface area contributed by atoms with Crippen molar-refractivity contribution in [2.75, 3.05) is 5.32 Å². The lowest BCUT2D eigenvalue weighted by atomic mass is 9.87. The summed E-state index contributed by atoms with van der Waals surface area (Å²) in [6.45, 7) is 6.76. The molecule has 0 unspecified atom stereocenters. The van der Waals surface area contributed by atoms with Crippen LogP contribution in [0.15, 0.2) is 59.7 Å². The van der Waals surface area contributed by atoms with Crippen LogP contribution in [0.4, 0.5) is 5.69 Å². The zero-order valence-corrected chi connectivity index (χ0v) is 13.3. The van der Waals surface area contributed by atoms with Crippen LogP contribution in [0.25, 0.3) is 0 Å². The van der Waals surface area contributed by atoms with E-state index in [-0.39, 0.29) is 5.41 Å². The number of nitrogens with one attached hydrogen (secondary N) is 1. The summed E-state index contributed by atoms with van der Waals surface area (Å²) in [4.78, 5) is 0. The molecule has 3 rings (SSSR count). The molecule has 2 aliphatic rings. The molecule has 1 atom stereocenters. The van der Waals surface area contributed by atoms with Gasteiger partial charge in [-0.05, 0) is 53.5 Å². The third kappa shape index (κ3) is 3.29. The van der Waals surface area contributed by atoms with Gasteiger partial charge in [0.15, 0.2) is 0 Å². The average Bonchev–Trinajstić information content (AvgIpc) is 2.47. The minimum Gasteiger partial charge on any atom is -0.378 e. The Morgan fingerprint density at radius 3 is 2.48 bits per heavy atom. The Morgan fingerprint density at radius 2 is 1.76 bits per heavy atom. The summed E-state index contributed by atoms with van der Waals surface area (Å²) in [6.07, 6.45) is 12.7. The van der Waals surface area contributed by atoms with Gasteiger partial charge in [-0.15, -0.1) is 0 Å². The van der Waals surface area contributed by atoms with Gasteiger partial charge in [0.25, 0.3) is 0 Å². The normalized spacial score (nSPS) is 21.4. The Balaban J connectivity index is 1.67. The van der Waals surface area contributed by atoms with E-state index in [4.69, 9.17) is 0 Å². The van der Waals surface area contributed by atoms with Crippen molar-refractivity contribution in [1.82, 2.24) is 0 Å². The summed E-state index contributed by atoms with van der Waals surface area (Å²) in [6, 6.07) is 9.29. The number of anilines is 1. The SMILES string of the molecule is CC(C)(C)c1ccc(N[C@@H]2C=CC3=C(C=CCC3)C2)cc1. The first-order chi connectivity index (χ1) is 10.0. The highest BCUT2D eigenvalue weighted by atomic mass is 14.9. The molecule has 0 heterocycles. The molecule has 110 valence electrons. The van der Waals surface area contributed by atoms with Crippen molar-refractivity contribution in [3.05, 3.63) is 65.3 Å². The Bertz CT molecular complexity index is 594. The molecule has 1 aromatic carbocycles. The molecular weight excluding hydrogens is 254 g/mol. The summed E-state index contributed by atoms with van der Waals surface area (Å²) in [5, 5.41) is 3.64. The maximum atomic E-state index is 3.64. The summed E-state index contributed by atoms with van der Waals surface area (Å²) < 4.78 is 0. The van der Waals surface area contributed by atoms with E-state index >= 15 is 0 Å². The van der Waals surface area contributed by atoms with Crippen LogP contribution in [0, 0.1) is 0 Å². The van der Waals surface area contributed by atoms with Crippen molar-refractivity contribution in [2.24, 2.45) is 0 Å². The Morgan fingerprint density at radius 1 is 1.00 bits per heavy atom. The molecule has 0 bridgehead atoms. The zero-order chi connectivity index (χ0) is 14.9. The maximum Gasteiger partial charge on any atom is 0.0488 e. The fourth-order valence-corrected chi connectivity index (χ4v) is 3.04. The summed E-state index contributed by atoms with van der Waals surface area (Å²) in [5.74, 6) is 0. The largest absolute Gasteiger partial charge is 0.378 e. The van der Waals surface area contributed by atoms with Gasteiger partial charge in [-0.2, -0.15) is 0 Å².